The van der Waals surface area contributed by atoms with Crippen molar-refractivity contribution in [1.82, 2.24) is 4.90 Å². The van der Waals surface area contributed by atoms with Crippen LogP contribution in [0.2, 0.25) is 0 Å². The van der Waals surface area contributed by atoms with E-state index in [9.17, 15) is 4.39 Å². The summed E-state index contributed by atoms with van der Waals surface area (Å²) >= 11 is 0. The molecule has 3 heteroatoms. The van der Waals surface area contributed by atoms with E-state index < -0.39 is 6.17 Å². The molecule has 0 aliphatic carbocycles. The Bertz CT molecular complexity index is 196. The van der Waals surface area contributed by atoms with E-state index in [1.54, 1.807) is 6.92 Å². The second-order valence-electron chi connectivity index (χ2n) is 2.96. The van der Waals surface area contributed by atoms with Crippen LogP contribution in [0.25, 0.3) is 0 Å². The number of ether oxygens (including phenoxy) is 1. The lowest BCUT2D eigenvalue weighted by Gasteiger charge is -2.21. The van der Waals surface area contributed by atoms with Crippen molar-refractivity contribution in [2.45, 2.75) is 19.1 Å². The van der Waals surface area contributed by atoms with Crippen molar-refractivity contribution in [3.8, 4) is 11.8 Å². The van der Waals surface area contributed by atoms with Crippen LogP contribution in [-0.2, 0) is 4.74 Å². The van der Waals surface area contributed by atoms with Crippen molar-refractivity contribution in [2.75, 3.05) is 26.8 Å². The fourth-order valence-corrected chi connectivity index (χ4v) is 1.24. The van der Waals surface area contributed by atoms with Gasteiger partial charge in [0.15, 0.2) is 0 Å². The standard InChI is InChI=1S/C9H14FNO/c1-3-4-5-11(2)9-7-12-6-8(9)10/h8-9H,5-7H2,1-2H3. The molecule has 0 bridgehead atoms. The highest BCUT2D eigenvalue weighted by Gasteiger charge is 2.30. The minimum Gasteiger partial charge on any atom is -0.377 e. The molecule has 12 heavy (non-hydrogen) atoms. The Hall–Kier alpha value is -0.590. The topological polar surface area (TPSA) is 12.5 Å². The van der Waals surface area contributed by atoms with Gasteiger partial charge >= 0.3 is 0 Å². The first-order chi connectivity index (χ1) is 5.75. The van der Waals surface area contributed by atoms with Crippen LogP contribution in [0.4, 0.5) is 4.39 Å². The fourth-order valence-electron chi connectivity index (χ4n) is 1.24. The first-order valence-corrected chi connectivity index (χ1v) is 4.07. The normalized spacial score (nSPS) is 28.7. The molecule has 1 fully saturated rings. The van der Waals surface area contributed by atoms with E-state index in [4.69, 9.17) is 4.74 Å². The van der Waals surface area contributed by atoms with Gasteiger partial charge in [-0.3, -0.25) is 4.90 Å². The van der Waals surface area contributed by atoms with Crippen molar-refractivity contribution >= 4 is 0 Å². The van der Waals surface area contributed by atoms with Gasteiger partial charge in [-0.15, -0.1) is 5.92 Å². The summed E-state index contributed by atoms with van der Waals surface area (Å²) in [6.45, 7) is 3.12. The molecule has 0 spiro atoms. The van der Waals surface area contributed by atoms with Gasteiger partial charge in [-0.2, -0.15) is 0 Å². The highest BCUT2D eigenvalue weighted by atomic mass is 19.1. The lowest BCUT2D eigenvalue weighted by atomic mass is 10.2. The Morgan fingerprint density at radius 1 is 1.58 bits per heavy atom. The van der Waals surface area contributed by atoms with Crippen molar-refractivity contribution in [3.63, 3.8) is 0 Å². The molecule has 0 amide bonds. The maximum Gasteiger partial charge on any atom is 0.141 e. The van der Waals surface area contributed by atoms with Crippen LogP contribution in [-0.4, -0.2) is 43.9 Å². The molecule has 1 heterocycles. The second-order valence-corrected chi connectivity index (χ2v) is 2.96. The average molecular weight is 171 g/mol. The van der Waals surface area contributed by atoms with E-state index in [-0.39, 0.29) is 12.6 Å². The van der Waals surface area contributed by atoms with Crippen molar-refractivity contribution in [2.24, 2.45) is 0 Å². The van der Waals surface area contributed by atoms with Crippen LogP contribution in [0.1, 0.15) is 6.92 Å². The summed E-state index contributed by atoms with van der Waals surface area (Å²) in [5.74, 6) is 5.68. The third-order valence-electron chi connectivity index (χ3n) is 2.05. The zero-order valence-corrected chi connectivity index (χ0v) is 7.51. The molecule has 0 aromatic carbocycles. The van der Waals surface area contributed by atoms with Gasteiger partial charge in [-0.25, -0.2) is 4.39 Å². The van der Waals surface area contributed by atoms with Crippen molar-refractivity contribution < 1.29 is 9.13 Å². The average Bonchev–Trinajstić information content (AvgIpc) is 2.47. The number of hydrogen-bond donors (Lipinski definition) is 0. The summed E-state index contributed by atoms with van der Waals surface area (Å²) in [7, 11) is 1.87. The molecule has 1 rings (SSSR count). The van der Waals surface area contributed by atoms with E-state index in [0.29, 0.717) is 13.2 Å². The summed E-state index contributed by atoms with van der Waals surface area (Å²) in [6.07, 6.45) is -0.853. The number of rotatable bonds is 2. The van der Waals surface area contributed by atoms with Crippen molar-refractivity contribution in [3.05, 3.63) is 0 Å². The molecule has 2 unspecified atom stereocenters. The first kappa shape index (κ1) is 9.50. The Morgan fingerprint density at radius 3 is 2.83 bits per heavy atom. The molecule has 0 aromatic heterocycles. The monoisotopic (exact) mass is 171 g/mol. The largest absolute Gasteiger partial charge is 0.377 e. The van der Waals surface area contributed by atoms with E-state index in [0.717, 1.165) is 0 Å². The minimum atomic E-state index is -0.853. The van der Waals surface area contributed by atoms with Crippen LogP contribution < -0.4 is 0 Å². The smallest absolute Gasteiger partial charge is 0.141 e. The Kier molecular flexibility index (Phi) is 3.51. The van der Waals surface area contributed by atoms with Gasteiger partial charge in [0.25, 0.3) is 0 Å². The molecule has 0 aromatic rings. The molecule has 1 aliphatic heterocycles. The fraction of sp³-hybridized carbons (Fsp3) is 0.778. The zero-order chi connectivity index (χ0) is 8.97. The third kappa shape index (κ3) is 2.20. The highest BCUT2D eigenvalue weighted by Crippen LogP contribution is 2.14. The van der Waals surface area contributed by atoms with Gasteiger partial charge in [0.05, 0.1) is 25.8 Å². The van der Waals surface area contributed by atoms with Crippen LogP contribution in [0.5, 0.6) is 0 Å². The number of likely N-dealkylation sites (N-methyl/N-ethyl adjacent to an activating group) is 1. The summed E-state index contributed by atoms with van der Waals surface area (Å²) in [5.41, 5.74) is 0. The Balaban J connectivity index is 2.38. The van der Waals surface area contributed by atoms with Gasteiger partial charge in [-0.1, -0.05) is 5.92 Å². The van der Waals surface area contributed by atoms with Crippen LogP contribution in [0.15, 0.2) is 0 Å². The molecule has 68 valence electrons. The maximum absolute atomic E-state index is 13.1. The molecular formula is C9H14FNO. The van der Waals surface area contributed by atoms with Gasteiger partial charge in [0.2, 0.25) is 0 Å². The predicted octanol–water partition coefficient (Wildman–Crippen LogP) is 0.678. The molecule has 0 N–H and O–H groups in total. The number of halogens is 1. The van der Waals surface area contributed by atoms with Crippen LogP contribution in [0, 0.1) is 11.8 Å². The maximum atomic E-state index is 13.1. The van der Waals surface area contributed by atoms with Gasteiger partial charge in [0, 0.05) is 0 Å². The zero-order valence-electron chi connectivity index (χ0n) is 7.51. The number of hydrogen-bond acceptors (Lipinski definition) is 2. The highest BCUT2D eigenvalue weighted by molar-refractivity contribution is 4.99. The molecule has 0 radical (unpaired) electrons. The van der Waals surface area contributed by atoms with Crippen molar-refractivity contribution in [1.29, 1.82) is 0 Å². The van der Waals surface area contributed by atoms with E-state index in [1.165, 1.54) is 0 Å². The number of alkyl halides is 1. The lowest BCUT2D eigenvalue weighted by Crippen LogP contribution is -2.38. The van der Waals surface area contributed by atoms with E-state index in [1.807, 2.05) is 11.9 Å². The van der Waals surface area contributed by atoms with E-state index in [2.05, 4.69) is 11.8 Å². The first-order valence-electron chi connectivity index (χ1n) is 4.07. The SMILES string of the molecule is CC#CCN(C)C1COCC1F. The Labute approximate surface area is 72.7 Å². The van der Waals surface area contributed by atoms with Crippen LogP contribution in [0.3, 0.4) is 0 Å². The second kappa shape index (κ2) is 4.44. The van der Waals surface area contributed by atoms with Crippen LogP contribution >= 0.6 is 0 Å². The van der Waals surface area contributed by atoms with E-state index >= 15 is 0 Å². The summed E-state index contributed by atoms with van der Waals surface area (Å²) in [6, 6.07) is -0.106. The lowest BCUT2D eigenvalue weighted by molar-refractivity contribution is 0.165. The molecule has 0 saturated carbocycles. The molecular weight excluding hydrogens is 157 g/mol. The summed E-state index contributed by atoms with van der Waals surface area (Å²) in [4.78, 5) is 1.90. The van der Waals surface area contributed by atoms with Gasteiger partial charge in [0.1, 0.15) is 6.17 Å². The number of nitrogens with zero attached hydrogens (tertiary/aromatic N) is 1. The van der Waals surface area contributed by atoms with Gasteiger partial charge in [-0.05, 0) is 14.0 Å². The minimum absolute atomic E-state index is 0.106. The third-order valence-corrected chi connectivity index (χ3v) is 2.05. The quantitative estimate of drug-likeness (QED) is 0.566. The summed E-state index contributed by atoms with van der Waals surface area (Å²) < 4.78 is 18.1. The molecule has 1 saturated heterocycles. The molecule has 1 aliphatic rings. The molecule has 2 nitrogen and oxygen atoms in total. The Morgan fingerprint density at radius 2 is 2.33 bits per heavy atom. The molecule has 2 atom stereocenters. The van der Waals surface area contributed by atoms with Gasteiger partial charge < -0.3 is 4.74 Å². The summed E-state index contributed by atoms with van der Waals surface area (Å²) in [5, 5.41) is 0. The predicted molar refractivity (Wildman–Crippen MR) is 45.6 cm³/mol.